The van der Waals surface area contributed by atoms with E-state index < -0.39 is 7.14 Å². The second-order valence-electron chi connectivity index (χ2n) is 12.3. The maximum atomic E-state index is 15.5. The Morgan fingerprint density at radius 2 is 0.980 bits per heavy atom. The third kappa shape index (κ3) is 4.70. The third-order valence-corrected chi connectivity index (χ3v) is 12.7. The van der Waals surface area contributed by atoms with Crippen molar-refractivity contribution in [2.24, 2.45) is 0 Å². The number of nitrogens with zero attached hydrogens (tertiary/aromatic N) is 1. The van der Waals surface area contributed by atoms with Crippen molar-refractivity contribution in [1.82, 2.24) is 4.98 Å². The number of hydrogen-bond acceptors (Lipinski definition) is 2. The fraction of sp³-hybridized carbons (Fsp3) is 0. The molecule has 0 N–H and O–H groups in total. The fourth-order valence-corrected chi connectivity index (χ4v) is 10.2. The maximum absolute atomic E-state index is 15.5. The van der Waals surface area contributed by atoms with Gasteiger partial charge < -0.3 is 4.57 Å². The van der Waals surface area contributed by atoms with Crippen molar-refractivity contribution in [3.63, 3.8) is 0 Å². The standard InChI is InChI=1S/C45H29FNOP/c46-31-24-22-30(23-25-31)45-41-27-26-37-34(19-11-20-39(37)44(41)40-18-9-10-21-42(40)47-45)36-28-29-43(38-17-8-7-16-35(36)38)49(48,32-12-3-1-4-13-32)33-14-5-2-6-15-33/h1-29H. The van der Waals surface area contributed by atoms with Crippen molar-refractivity contribution in [3.05, 3.63) is 182 Å². The summed E-state index contributed by atoms with van der Waals surface area (Å²) in [5.74, 6) is -0.272. The van der Waals surface area contributed by atoms with E-state index >= 15 is 4.57 Å². The third-order valence-electron chi connectivity index (χ3n) is 9.61. The number of hydrogen-bond donors (Lipinski definition) is 0. The van der Waals surface area contributed by atoms with Gasteiger partial charge in [0.25, 0.3) is 0 Å². The molecular formula is C45H29FNOP. The molecule has 0 atom stereocenters. The van der Waals surface area contributed by atoms with Crippen molar-refractivity contribution >= 4 is 66.3 Å². The molecule has 0 saturated heterocycles. The lowest BCUT2D eigenvalue weighted by Gasteiger charge is -2.23. The van der Waals surface area contributed by atoms with Crippen LogP contribution in [0.25, 0.3) is 65.6 Å². The van der Waals surface area contributed by atoms with Gasteiger partial charge >= 0.3 is 0 Å². The first-order valence-corrected chi connectivity index (χ1v) is 18.1. The number of para-hydroxylation sites is 1. The van der Waals surface area contributed by atoms with Gasteiger partial charge in [0.15, 0.2) is 7.14 Å². The van der Waals surface area contributed by atoms with E-state index in [0.29, 0.717) is 0 Å². The summed E-state index contributed by atoms with van der Waals surface area (Å²) in [5.41, 5.74) is 4.76. The molecule has 9 rings (SSSR count). The van der Waals surface area contributed by atoms with Crippen LogP contribution < -0.4 is 15.9 Å². The number of rotatable bonds is 5. The summed E-state index contributed by atoms with van der Waals surface area (Å²) >= 11 is 0. The van der Waals surface area contributed by atoms with Gasteiger partial charge in [0, 0.05) is 37.6 Å². The van der Waals surface area contributed by atoms with Crippen LogP contribution in [0.1, 0.15) is 0 Å². The van der Waals surface area contributed by atoms with E-state index in [0.717, 1.165) is 81.5 Å². The molecule has 0 unspecified atom stereocenters. The number of pyridine rings is 1. The zero-order chi connectivity index (χ0) is 33.0. The predicted molar refractivity (Wildman–Crippen MR) is 204 cm³/mol. The largest absolute Gasteiger partial charge is 0.309 e. The van der Waals surface area contributed by atoms with Crippen LogP contribution in [0.2, 0.25) is 0 Å². The van der Waals surface area contributed by atoms with Gasteiger partial charge in [0.05, 0.1) is 11.2 Å². The molecule has 0 amide bonds. The van der Waals surface area contributed by atoms with Crippen LogP contribution in [-0.4, -0.2) is 4.98 Å². The van der Waals surface area contributed by atoms with Crippen LogP contribution in [0.15, 0.2) is 176 Å². The average Bonchev–Trinajstić information content (AvgIpc) is 3.17. The molecule has 0 fully saturated rings. The Morgan fingerprint density at radius 1 is 0.429 bits per heavy atom. The van der Waals surface area contributed by atoms with Gasteiger partial charge in [0.1, 0.15) is 5.82 Å². The van der Waals surface area contributed by atoms with E-state index in [1.807, 2.05) is 84.9 Å². The van der Waals surface area contributed by atoms with Crippen LogP contribution in [0.3, 0.4) is 0 Å². The summed E-state index contributed by atoms with van der Waals surface area (Å²) in [6, 6.07) is 57.8. The average molecular weight is 650 g/mol. The second-order valence-corrected chi connectivity index (χ2v) is 15.1. The molecule has 0 bridgehead atoms. The summed E-state index contributed by atoms with van der Waals surface area (Å²) < 4.78 is 29.4. The van der Waals surface area contributed by atoms with E-state index in [1.54, 1.807) is 12.1 Å². The lowest BCUT2D eigenvalue weighted by Crippen LogP contribution is -2.25. The van der Waals surface area contributed by atoms with Crippen molar-refractivity contribution in [2.45, 2.75) is 0 Å². The second kappa shape index (κ2) is 11.7. The van der Waals surface area contributed by atoms with Crippen molar-refractivity contribution < 1.29 is 8.96 Å². The molecule has 9 aromatic rings. The smallest absolute Gasteiger partial charge is 0.171 e. The molecule has 0 aliphatic rings. The predicted octanol–water partition coefficient (Wildman–Crippen LogP) is 10.8. The van der Waals surface area contributed by atoms with E-state index in [4.69, 9.17) is 4.98 Å². The topological polar surface area (TPSA) is 30.0 Å². The minimum absolute atomic E-state index is 0.272. The van der Waals surface area contributed by atoms with E-state index in [2.05, 4.69) is 66.7 Å². The number of benzene rings is 8. The Hall–Kier alpha value is -5.89. The first kappa shape index (κ1) is 29.3. The van der Waals surface area contributed by atoms with Gasteiger partial charge in [-0.05, 0) is 69.1 Å². The molecule has 1 heterocycles. The van der Waals surface area contributed by atoms with Gasteiger partial charge in [-0.15, -0.1) is 0 Å². The van der Waals surface area contributed by atoms with Crippen LogP contribution in [0.5, 0.6) is 0 Å². The molecule has 4 heteroatoms. The highest BCUT2D eigenvalue weighted by molar-refractivity contribution is 7.85. The minimum Gasteiger partial charge on any atom is -0.309 e. The SMILES string of the molecule is O=P(c1ccccc1)(c1ccccc1)c1ccc(-c2cccc3c2ccc2c(-c4ccc(F)cc4)nc4ccccc4c23)c2ccccc12. The van der Waals surface area contributed by atoms with Crippen molar-refractivity contribution in [3.8, 4) is 22.4 Å². The molecule has 1 aromatic heterocycles. The van der Waals surface area contributed by atoms with Gasteiger partial charge in [-0.25, -0.2) is 9.37 Å². The van der Waals surface area contributed by atoms with Gasteiger partial charge in [-0.1, -0.05) is 140 Å². The molecule has 8 aromatic carbocycles. The Bertz CT molecular complexity index is 2700. The molecule has 0 saturated carbocycles. The first-order valence-electron chi connectivity index (χ1n) is 16.4. The summed E-state index contributed by atoms with van der Waals surface area (Å²) in [7, 11) is -3.21. The quantitative estimate of drug-likeness (QED) is 0.137. The summed E-state index contributed by atoms with van der Waals surface area (Å²) in [4.78, 5) is 5.07. The maximum Gasteiger partial charge on any atom is 0.171 e. The zero-order valence-electron chi connectivity index (χ0n) is 26.4. The van der Waals surface area contributed by atoms with Crippen LogP contribution >= 0.6 is 7.14 Å². The van der Waals surface area contributed by atoms with E-state index in [1.165, 1.54) is 12.1 Å². The van der Waals surface area contributed by atoms with Crippen LogP contribution in [0.4, 0.5) is 4.39 Å². The monoisotopic (exact) mass is 649 g/mol. The van der Waals surface area contributed by atoms with Crippen molar-refractivity contribution in [1.29, 1.82) is 0 Å². The Labute approximate surface area is 283 Å². The van der Waals surface area contributed by atoms with Gasteiger partial charge in [-0.3, -0.25) is 0 Å². The fourth-order valence-electron chi connectivity index (χ4n) is 7.37. The molecule has 0 spiro atoms. The van der Waals surface area contributed by atoms with Gasteiger partial charge in [-0.2, -0.15) is 0 Å². The summed E-state index contributed by atoms with van der Waals surface area (Å²) in [5, 5.41) is 9.90. The van der Waals surface area contributed by atoms with E-state index in [-0.39, 0.29) is 5.82 Å². The lowest BCUT2D eigenvalue weighted by atomic mass is 9.90. The Balaban J connectivity index is 1.32. The van der Waals surface area contributed by atoms with Crippen molar-refractivity contribution in [2.75, 3.05) is 0 Å². The minimum atomic E-state index is -3.21. The summed E-state index contributed by atoms with van der Waals surface area (Å²) in [6.07, 6.45) is 0. The lowest BCUT2D eigenvalue weighted by molar-refractivity contribution is 0.592. The highest BCUT2D eigenvalue weighted by atomic mass is 31.2. The molecule has 0 aliphatic carbocycles. The number of aromatic nitrogens is 1. The highest BCUT2D eigenvalue weighted by Crippen LogP contribution is 2.47. The van der Waals surface area contributed by atoms with Gasteiger partial charge in [0.2, 0.25) is 0 Å². The Kier molecular flexibility index (Phi) is 6.97. The number of fused-ring (bicyclic) bond motifs is 6. The van der Waals surface area contributed by atoms with Crippen LogP contribution in [0, 0.1) is 5.82 Å². The molecule has 2 nitrogen and oxygen atoms in total. The van der Waals surface area contributed by atoms with E-state index in [9.17, 15) is 4.39 Å². The summed E-state index contributed by atoms with van der Waals surface area (Å²) in [6.45, 7) is 0. The molecule has 0 aliphatic heterocycles. The Morgan fingerprint density at radius 3 is 1.69 bits per heavy atom. The zero-order valence-corrected chi connectivity index (χ0v) is 27.3. The van der Waals surface area contributed by atoms with Crippen LogP contribution in [-0.2, 0) is 4.57 Å². The molecule has 0 radical (unpaired) electrons. The first-order chi connectivity index (χ1) is 24.1. The normalized spacial score (nSPS) is 11.9. The molecule has 49 heavy (non-hydrogen) atoms. The molecule has 232 valence electrons. The highest BCUT2D eigenvalue weighted by Gasteiger charge is 2.31. The molecular weight excluding hydrogens is 620 g/mol. The number of halogens is 1.